The third-order valence-corrected chi connectivity index (χ3v) is 4.70. The van der Waals surface area contributed by atoms with E-state index in [4.69, 9.17) is 0 Å². The summed E-state index contributed by atoms with van der Waals surface area (Å²) in [4.78, 5) is 25.1. The van der Waals surface area contributed by atoms with E-state index in [9.17, 15) is 14.7 Å². The zero-order valence-electron chi connectivity index (χ0n) is 11.8. The van der Waals surface area contributed by atoms with Crippen LogP contribution in [0.15, 0.2) is 0 Å². The fraction of sp³-hybridized carbons (Fsp3) is 0.857. The van der Waals surface area contributed by atoms with Crippen molar-refractivity contribution in [3.8, 4) is 0 Å². The largest absolute Gasteiger partial charge is 0.480 e. The van der Waals surface area contributed by atoms with Gasteiger partial charge in [-0.25, -0.2) is 9.59 Å². The molecule has 0 aromatic rings. The lowest BCUT2D eigenvalue weighted by Gasteiger charge is -2.43. The van der Waals surface area contributed by atoms with Crippen molar-refractivity contribution in [2.45, 2.75) is 64.0 Å². The third-order valence-electron chi connectivity index (χ3n) is 4.70. The van der Waals surface area contributed by atoms with Crippen LogP contribution < -0.4 is 5.32 Å². The first-order chi connectivity index (χ1) is 8.95. The Labute approximate surface area is 114 Å². The first kappa shape index (κ1) is 14.2. The van der Waals surface area contributed by atoms with Crippen molar-refractivity contribution < 1.29 is 14.7 Å². The van der Waals surface area contributed by atoms with Crippen molar-refractivity contribution >= 4 is 12.0 Å². The van der Waals surface area contributed by atoms with Crippen molar-refractivity contribution in [2.24, 2.45) is 5.92 Å². The van der Waals surface area contributed by atoms with E-state index in [1.165, 1.54) is 4.90 Å². The molecule has 0 radical (unpaired) electrons. The van der Waals surface area contributed by atoms with Gasteiger partial charge in [0.15, 0.2) is 0 Å². The lowest BCUT2D eigenvalue weighted by Crippen LogP contribution is -2.59. The average Bonchev–Trinajstić information content (AvgIpc) is 2.35. The van der Waals surface area contributed by atoms with E-state index in [0.29, 0.717) is 18.9 Å². The number of carbonyl (C=O) groups is 2. The molecule has 2 fully saturated rings. The van der Waals surface area contributed by atoms with Crippen molar-refractivity contribution in [1.29, 1.82) is 0 Å². The molecule has 108 valence electrons. The Morgan fingerprint density at radius 1 is 1.42 bits per heavy atom. The summed E-state index contributed by atoms with van der Waals surface area (Å²) in [6.07, 6.45) is 5.58. The summed E-state index contributed by atoms with van der Waals surface area (Å²) in [5, 5.41) is 12.3. The fourth-order valence-corrected chi connectivity index (χ4v) is 3.05. The SMILES string of the molecule is CCC1CCN(C(=O)NC2(C)CCC2)C(C(=O)O)C1. The number of hydrogen-bond acceptors (Lipinski definition) is 2. The highest BCUT2D eigenvalue weighted by atomic mass is 16.4. The molecule has 1 saturated carbocycles. The smallest absolute Gasteiger partial charge is 0.326 e. The van der Waals surface area contributed by atoms with E-state index in [0.717, 1.165) is 32.1 Å². The Kier molecular flexibility index (Phi) is 4.02. The number of carboxylic acid groups (broad SMARTS) is 1. The maximum Gasteiger partial charge on any atom is 0.326 e. The van der Waals surface area contributed by atoms with Gasteiger partial charge < -0.3 is 15.3 Å². The van der Waals surface area contributed by atoms with Crippen LogP contribution >= 0.6 is 0 Å². The predicted molar refractivity (Wildman–Crippen MR) is 71.9 cm³/mol. The highest BCUT2D eigenvalue weighted by Crippen LogP contribution is 2.32. The summed E-state index contributed by atoms with van der Waals surface area (Å²) in [6, 6.07) is -0.869. The van der Waals surface area contributed by atoms with Gasteiger partial charge in [0.1, 0.15) is 6.04 Å². The molecule has 2 rings (SSSR count). The van der Waals surface area contributed by atoms with E-state index in [-0.39, 0.29) is 11.6 Å². The molecule has 2 N–H and O–H groups in total. The standard InChI is InChI=1S/C14H24N2O3/c1-3-10-5-8-16(11(9-10)12(17)18)13(19)15-14(2)6-4-7-14/h10-11H,3-9H2,1-2H3,(H,15,19)(H,17,18). The molecule has 2 aliphatic rings. The molecule has 0 spiro atoms. The number of carboxylic acids is 1. The normalized spacial score (nSPS) is 29.5. The van der Waals surface area contributed by atoms with Gasteiger partial charge in [-0.3, -0.25) is 0 Å². The maximum atomic E-state index is 12.3. The maximum absolute atomic E-state index is 12.3. The summed E-state index contributed by atoms with van der Waals surface area (Å²) in [5.41, 5.74) is -0.123. The van der Waals surface area contributed by atoms with Crippen LogP contribution in [0, 0.1) is 5.92 Å². The number of piperidine rings is 1. The first-order valence-electron chi connectivity index (χ1n) is 7.27. The number of nitrogens with one attached hydrogen (secondary N) is 1. The number of likely N-dealkylation sites (tertiary alicyclic amines) is 1. The van der Waals surface area contributed by atoms with Crippen molar-refractivity contribution in [3.05, 3.63) is 0 Å². The highest BCUT2D eigenvalue weighted by Gasteiger charge is 2.39. The van der Waals surface area contributed by atoms with Crippen LogP contribution in [-0.4, -0.2) is 40.1 Å². The van der Waals surface area contributed by atoms with E-state index in [1.54, 1.807) is 0 Å². The summed E-state index contributed by atoms with van der Waals surface area (Å²) in [7, 11) is 0. The molecule has 1 heterocycles. The lowest BCUT2D eigenvalue weighted by atomic mass is 9.78. The second-order valence-electron chi connectivity index (χ2n) is 6.19. The molecule has 2 unspecified atom stereocenters. The molecule has 1 aliphatic heterocycles. The van der Waals surface area contributed by atoms with E-state index in [2.05, 4.69) is 12.2 Å². The van der Waals surface area contributed by atoms with Gasteiger partial charge in [-0.15, -0.1) is 0 Å². The lowest BCUT2D eigenvalue weighted by molar-refractivity contribution is -0.144. The van der Waals surface area contributed by atoms with E-state index < -0.39 is 12.0 Å². The van der Waals surface area contributed by atoms with Crippen LogP contribution in [0.3, 0.4) is 0 Å². The highest BCUT2D eigenvalue weighted by molar-refractivity contribution is 5.83. The molecule has 2 atom stereocenters. The Hall–Kier alpha value is -1.26. The molecular weight excluding hydrogens is 244 g/mol. The van der Waals surface area contributed by atoms with Gasteiger partial charge >= 0.3 is 12.0 Å². The van der Waals surface area contributed by atoms with Crippen LogP contribution in [0.2, 0.25) is 0 Å². The van der Waals surface area contributed by atoms with Gasteiger partial charge in [-0.05, 0) is 44.9 Å². The van der Waals surface area contributed by atoms with E-state index >= 15 is 0 Å². The van der Waals surface area contributed by atoms with Crippen LogP contribution in [0.5, 0.6) is 0 Å². The van der Waals surface area contributed by atoms with Crippen molar-refractivity contribution in [2.75, 3.05) is 6.54 Å². The van der Waals surface area contributed by atoms with Crippen LogP contribution in [0.25, 0.3) is 0 Å². The average molecular weight is 268 g/mol. The van der Waals surface area contributed by atoms with Crippen LogP contribution in [0.4, 0.5) is 4.79 Å². The minimum absolute atomic E-state index is 0.123. The second-order valence-corrected chi connectivity index (χ2v) is 6.19. The zero-order chi connectivity index (χ0) is 14.0. The summed E-state index contributed by atoms with van der Waals surface area (Å²) < 4.78 is 0. The van der Waals surface area contributed by atoms with Gasteiger partial charge in [0.05, 0.1) is 0 Å². The molecule has 1 saturated heterocycles. The zero-order valence-corrected chi connectivity index (χ0v) is 11.8. The molecule has 0 aromatic carbocycles. The Bertz CT molecular complexity index is 366. The first-order valence-corrected chi connectivity index (χ1v) is 7.27. The number of amides is 2. The summed E-state index contributed by atoms with van der Waals surface area (Å²) >= 11 is 0. The number of nitrogens with zero attached hydrogens (tertiary/aromatic N) is 1. The Morgan fingerprint density at radius 2 is 2.11 bits per heavy atom. The Balaban J connectivity index is 2.00. The van der Waals surface area contributed by atoms with Gasteiger partial charge in [0.2, 0.25) is 0 Å². The van der Waals surface area contributed by atoms with E-state index in [1.807, 2.05) is 6.92 Å². The molecular formula is C14H24N2O3. The molecule has 1 aliphatic carbocycles. The molecule has 2 amide bonds. The topological polar surface area (TPSA) is 69.6 Å². The summed E-state index contributed by atoms with van der Waals surface area (Å²) in [6.45, 7) is 4.66. The predicted octanol–water partition coefficient (Wildman–Crippen LogP) is 2.21. The molecule has 0 bridgehead atoms. The monoisotopic (exact) mass is 268 g/mol. The fourth-order valence-electron chi connectivity index (χ4n) is 3.05. The molecule has 19 heavy (non-hydrogen) atoms. The van der Waals surface area contributed by atoms with Gasteiger partial charge in [-0.2, -0.15) is 0 Å². The molecule has 5 heteroatoms. The third kappa shape index (κ3) is 3.01. The number of urea groups is 1. The van der Waals surface area contributed by atoms with Crippen LogP contribution in [0.1, 0.15) is 52.4 Å². The number of aliphatic carboxylic acids is 1. The number of hydrogen-bond donors (Lipinski definition) is 2. The van der Waals surface area contributed by atoms with Crippen molar-refractivity contribution in [3.63, 3.8) is 0 Å². The summed E-state index contributed by atoms with van der Waals surface area (Å²) in [5.74, 6) is -0.462. The van der Waals surface area contributed by atoms with Crippen molar-refractivity contribution in [1.82, 2.24) is 10.2 Å². The Morgan fingerprint density at radius 3 is 2.58 bits per heavy atom. The molecule has 5 nitrogen and oxygen atoms in total. The van der Waals surface area contributed by atoms with Gasteiger partial charge in [0.25, 0.3) is 0 Å². The van der Waals surface area contributed by atoms with Gasteiger partial charge in [-0.1, -0.05) is 13.3 Å². The quantitative estimate of drug-likeness (QED) is 0.824. The minimum Gasteiger partial charge on any atom is -0.480 e. The molecule has 0 aromatic heterocycles. The second kappa shape index (κ2) is 5.39. The number of rotatable bonds is 3. The van der Waals surface area contributed by atoms with Crippen LogP contribution in [-0.2, 0) is 4.79 Å². The van der Waals surface area contributed by atoms with Gasteiger partial charge in [0, 0.05) is 12.1 Å². The minimum atomic E-state index is -0.882. The number of carbonyl (C=O) groups excluding carboxylic acids is 1.